The van der Waals surface area contributed by atoms with E-state index in [0.717, 1.165) is 19.5 Å². The lowest BCUT2D eigenvalue weighted by molar-refractivity contribution is -0.141. The van der Waals surface area contributed by atoms with Crippen molar-refractivity contribution in [1.82, 2.24) is 10.2 Å². The normalized spacial score (nSPS) is 15.0. The number of hydrogen-bond acceptors (Lipinski definition) is 4. The molecule has 0 saturated carbocycles. The highest BCUT2D eigenvalue weighted by molar-refractivity contribution is 5.87. The summed E-state index contributed by atoms with van der Waals surface area (Å²) in [5.41, 5.74) is 3.89. The van der Waals surface area contributed by atoms with Crippen LogP contribution in [0.4, 0.5) is 0 Å². The molecule has 0 spiro atoms. The quantitative estimate of drug-likeness (QED) is 0.768. The SMILES string of the molecule is COCCN(C=O)C(=O)C(C)Cc1cccc2c1CCNC2. The third-order valence-electron chi connectivity index (χ3n) is 4.13. The molecule has 0 saturated heterocycles. The van der Waals surface area contributed by atoms with Gasteiger partial charge in [0.05, 0.1) is 13.2 Å². The van der Waals surface area contributed by atoms with Crippen molar-refractivity contribution in [3.05, 3.63) is 34.9 Å². The maximum atomic E-state index is 12.4. The molecule has 1 aliphatic rings. The number of nitrogens with one attached hydrogen (secondary N) is 1. The monoisotopic (exact) mass is 304 g/mol. The predicted octanol–water partition coefficient (Wildman–Crippen LogP) is 1.14. The summed E-state index contributed by atoms with van der Waals surface area (Å²) < 4.78 is 4.94. The van der Waals surface area contributed by atoms with Gasteiger partial charge in [0, 0.05) is 19.6 Å². The number of methoxy groups -OCH3 is 1. The largest absolute Gasteiger partial charge is 0.383 e. The fourth-order valence-electron chi connectivity index (χ4n) is 2.91. The highest BCUT2D eigenvalue weighted by Crippen LogP contribution is 2.22. The maximum Gasteiger partial charge on any atom is 0.232 e. The second-order valence-electron chi connectivity index (χ2n) is 5.72. The molecule has 22 heavy (non-hydrogen) atoms. The van der Waals surface area contributed by atoms with E-state index in [9.17, 15) is 9.59 Å². The van der Waals surface area contributed by atoms with Crippen LogP contribution < -0.4 is 5.32 Å². The molecule has 2 rings (SSSR count). The Morgan fingerprint density at radius 3 is 3.05 bits per heavy atom. The lowest BCUT2D eigenvalue weighted by Crippen LogP contribution is -2.37. The summed E-state index contributed by atoms with van der Waals surface area (Å²) in [7, 11) is 1.56. The lowest BCUT2D eigenvalue weighted by Gasteiger charge is -2.23. The van der Waals surface area contributed by atoms with Gasteiger partial charge in [0.2, 0.25) is 12.3 Å². The standard InChI is InChI=1S/C17H24N2O3/c1-13(17(21)19(12-20)8-9-22-2)10-14-4-3-5-15-11-18-7-6-16(14)15/h3-5,12-13,18H,6-11H2,1-2H3. The van der Waals surface area contributed by atoms with E-state index in [1.807, 2.05) is 13.0 Å². The van der Waals surface area contributed by atoms with Gasteiger partial charge in [-0.2, -0.15) is 0 Å². The number of nitrogens with zero attached hydrogens (tertiary/aromatic N) is 1. The number of imide groups is 1. The predicted molar refractivity (Wildman–Crippen MR) is 84.4 cm³/mol. The molecule has 1 aliphatic heterocycles. The summed E-state index contributed by atoms with van der Waals surface area (Å²) in [6.07, 6.45) is 2.26. The zero-order chi connectivity index (χ0) is 15.9. The average Bonchev–Trinajstić information content (AvgIpc) is 2.55. The third-order valence-corrected chi connectivity index (χ3v) is 4.13. The van der Waals surface area contributed by atoms with Crippen molar-refractivity contribution in [2.75, 3.05) is 26.8 Å². The van der Waals surface area contributed by atoms with E-state index in [4.69, 9.17) is 4.74 Å². The molecule has 2 amide bonds. The molecule has 1 N–H and O–H groups in total. The summed E-state index contributed by atoms with van der Waals surface area (Å²) in [5, 5.41) is 3.36. The Kier molecular flexibility index (Phi) is 6.10. The van der Waals surface area contributed by atoms with Crippen LogP contribution in [0.1, 0.15) is 23.6 Å². The number of rotatable bonds is 7. The van der Waals surface area contributed by atoms with Crippen LogP contribution in [-0.4, -0.2) is 44.0 Å². The van der Waals surface area contributed by atoms with Gasteiger partial charge >= 0.3 is 0 Å². The highest BCUT2D eigenvalue weighted by Gasteiger charge is 2.22. The van der Waals surface area contributed by atoms with Crippen LogP contribution in [-0.2, 0) is 33.7 Å². The number of benzene rings is 1. The van der Waals surface area contributed by atoms with Crippen molar-refractivity contribution in [1.29, 1.82) is 0 Å². The second-order valence-corrected chi connectivity index (χ2v) is 5.72. The fourth-order valence-corrected chi connectivity index (χ4v) is 2.91. The minimum atomic E-state index is -0.219. The molecule has 0 radical (unpaired) electrons. The molecular weight excluding hydrogens is 280 g/mol. The van der Waals surface area contributed by atoms with E-state index in [1.165, 1.54) is 21.6 Å². The zero-order valence-corrected chi connectivity index (χ0v) is 13.3. The zero-order valence-electron chi connectivity index (χ0n) is 13.3. The van der Waals surface area contributed by atoms with Crippen molar-refractivity contribution in [3.63, 3.8) is 0 Å². The van der Waals surface area contributed by atoms with E-state index in [2.05, 4.69) is 17.4 Å². The summed E-state index contributed by atoms with van der Waals surface area (Å²) in [6.45, 7) is 4.41. The summed E-state index contributed by atoms with van der Waals surface area (Å²) in [4.78, 5) is 24.7. The molecule has 5 nitrogen and oxygen atoms in total. The molecule has 1 aromatic rings. The Morgan fingerprint density at radius 1 is 1.50 bits per heavy atom. The minimum Gasteiger partial charge on any atom is -0.383 e. The molecule has 1 aromatic carbocycles. The summed E-state index contributed by atoms with van der Waals surface area (Å²) >= 11 is 0. The Morgan fingerprint density at radius 2 is 2.32 bits per heavy atom. The van der Waals surface area contributed by atoms with Crippen LogP contribution in [0.25, 0.3) is 0 Å². The van der Waals surface area contributed by atoms with Crippen LogP contribution in [0.2, 0.25) is 0 Å². The van der Waals surface area contributed by atoms with Gasteiger partial charge in [-0.25, -0.2) is 0 Å². The molecule has 120 valence electrons. The lowest BCUT2D eigenvalue weighted by atomic mass is 9.90. The first kappa shape index (κ1) is 16.6. The van der Waals surface area contributed by atoms with Crippen molar-refractivity contribution in [2.24, 2.45) is 5.92 Å². The molecular formula is C17H24N2O3. The number of carbonyl (C=O) groups excluding carboxylic acids is 2. The van der Waals surface area contributed by atoms with Gasteiger partial charge in [-0.15, -0.1) is 0 Å². The summed E-state index contributed by atoms with van der Waals surface area (Å²) in [6, 6.07) is 6.27. The maximum absolute atomic E-state index is 12.4. The molecule has 5 heteroatoms. The third kappa shape index (κ3) is 3.93. The van der Waals surface area contributed by atoms with E-state index >= 15 is 0 Å². The number of fused-ring (bicyclic) bond motifs is 1. The molecule has 0 aliphatic carbocycles. The van der Waals surface area contributed by atoms with Gasteiger partial charge in [0.25, 0.3) is 0 Å². The molecule has 1 unspecified atom stereocenters. The topological polar surface area (TPSA) is 58.6 Å². The Labute approximate surface area is 131 Å². The van der Waals surface area contributed by atoms with Crippen molar-refractivity contribution in [3.8, 4) is 0 Å². The van der Waals surface area contributed by atoms with Crippen LogP contribution in [0.5, 0.6) is 0 Å². The van der Waals surface area contributed by atoms with Crippen molar-refractivity contribution < 1.29 is 14.3 Å². The van der Waals surface area contributed by atoms with E-state index in [0.29, 0.717) is 26.0 Å². The van der Waals surface area contributed by atoms with Gasteiger partial charge in [0.1, 0.15) is 0 Å². The minimum absolute atomic E-state index is 0.140. The first-order valence-corrected chi connectivity index (χ1v) is 7.72. The van der Waals surface area contributed by atoms with Crippen LogP contribution in [0.3, 0.4) is 0 Å². The molecule has 0 bridgehead atoms. The van der Waals surface area contributed by atoms with Gasteiger partial charge in [-0.05, 0) is 36.1 Å². The average molecular weight is 304 g/mol. The Bertz CT molecular complexity index is 531. The van der Waals surface area contributed by atoms with Crippen molar-refractivity contribution >= 4 is 12.3 Å². The fraction of sp³-hybridized carbons (Fsp3) is 0.529. The first-order valence-electron chi connectivity index (χ1n) is 7.72. The van der Waals surface area contributed by atoms with Gasteiger partial charge in [-0.1, -0.05) is 25.1 Å². The van der Waals surface area contributed by atoms with Gasteiger partial charge < -0.3 is 10.1 Å². The van der Waals surface area contributed by atoms with E-state index in [1.54, 1.807) is 7.11 Å². The number of hydrogen-bond donors (Lipinski definition) is 1. The molecule has 1 heterocycles. The van der Waals surface area contributed by atoms with Crippen LogP contribution >= 0.6 is 0 Å². The van der Waals surface area contributed by atoms with Gasteiger partial charge in [-0.3, -0.25) is 14.5 Å². The van der Waals surface area contributed by atoms with Gasteiger partial charge in [0.15, 0.2) is 0 Å². The second kappa shape index (κ2) is 8.06. The Hall–Kier alpha value is -1.72. The highest BCUT2D eigenvalue weighted by atomic mass is 16.5. The van der Waals surface area contributed by atoms with Crippen LogP contribution in [0, 0.1) is 5.92 Å². The molecule has 1 atom stereocenters. The first-order chi connectivity index (χ1) is 10.7. The van der Waals surface area contributed by atoms with E-state index in [-0.39, 0.29) is 11.8 Å². The van der Waals surface area contributed by atoms with E-state index < -0.39 is 0 Å². The smallest absolute Gasteiger partial charge is 0.232 e. The number of ether oxygens (including phenoxy) is 1. The summed E-state index contributed by atoms with van der Waals surface area (Å²) in [5.74, 6) is -0.359. The van der Waals surface area contributed by atoms with Crippen molar-refractivity contribution in [2.45, 2.75) is 26.3 Å². The Balaban J connectivity index is 2.06. The number of amides is 2. The van der Waals surface area contributed by atoms with Crippen LogP contribution in [0.15, 0.2) is 18.2 Å². The number of carbonyl (C=O) groups is 2. The molecule has 0 aromatic heterocycles. The molecule has 0 fully saturated rings.